The lowest BCUT2D eigenvalue weighted by Crippen LogP contribution is -2.45. The summed E-state index contributed by atoms with van der Waals surface area (Å²) in [7, 11) is 2.19. The molecule has 96 valence electrons. The Balaban J connectivity index is 1.71. The van der Waals surface area contributed by atoms with Crippen LogP contribution in [-0.4, -0.2) is 60.3 Å². The zero-order chi connectivity index (χ0) is 12.3. The third-order valence-electron chi connectivity index (χ3n) is 3.01. The summed E-state index contributed by atoms with van der Waals surface area (Å²) in [5, 5.41) is 0.685. The maximum absolute atomic E-state index is 5.69. The molecule has 0 radical (unpaired) electrons. The average molecular weight is 272 g/mol. The lowest BCUT2D eigenvalue weighted by atomic mass is 10.3. The maximum Gasteiger partial charge on any atom is 0.181 e. The van der Waals surface area contributed by atoms with Crippen LogP contribution in [0, 0.1) is 6.92 Å². The number of aromatic nitrogens is 1. The highest BCUT2D eigenvalue weighted by Crippen LogP contribution is 2.30. The van der Waals surface area contributed by atoms with Crippen molar-refractivity contribution in [1.82, 2.24) is 14.8 Å². The highest BCUT2D eigenvalue weighted by Gasteiger charge is 2.13. The van der Waals surface area contributed by atoms with E-state index in [0.717, 1.165) is 18.0 Å². The Morgan fingerprint density at radius 1 is 1.35 bits per heavy atom. The Morgan fingerprint density at radius 3 is 2.65 bits per heavy atom. The van der Waals surface area contributed by atoms with Crippen LogP contribution in [0.25, 0.3) is 0 Å². The molecule has 1 aromatic heterocycles. The quantitative estimate of drug-likeness (QED) is 0.839. The molecule has 0 spiro atoms. The number of nitrogens with zero attached hydrogens (tertiary/aromatic N) is 3. The molecule has 2 heterocycles. The summed E-state index contributed by atoms with van der Waals surface area (Å²) in [5.41, 5.74) is 6.77. The van der Waals surface area contributed by atoms with Crippen LogP contribution >= 0.6 is 23.1 Å². The molecule has 4 nitrogen and oxygen atoms in total. The minimum absolute atomic E-state index is 0.685. The molecular weight excluding hydrogens is 252 g/mol. The molecule has 0 aromatic carbocycles. The zero-order valence-electron chi connectivity index (χ0n) is 10.5. The molecule has 1 saturated heterocycles. The fourth-order valence-electron chi connectivity index (χ4n) is 1.88. The summed E-state index contributed by atoms with van der Waals surface area (Å²) in [6.07, 6.45) is 0. The monoisotopic (exact) mass is 272 g/mol. The van der Waals surface area contributed by atoms with Crippen LogP contribution in [0.4, 0.5) is 5.13 Å². The first-order chi connectivity index (χ1) is 8.15. The van der Waals surface area contributed by atoms with Gasteiger partial charge in [0.15, 0.2) is 5.13 Å². The second kappa shape index (κ2) is 6.04. The summed E-state index contributed by atoms with van der Waals surface area (Å²) in [6.45, 7) is 7.97. The molecule has 0 atom stereocenters. The normalized spacial score (nSPS) is 18.7. The Morgan fingerprint density at radius 2 is 2.06 bits per heavy atom. The van der Waals surface area contributed by atoms with Crippen molar-refractivity contribution in [3.8, 4) is 0 Å². The van der Waals surface area contributed by atoms with Crippen molar-refractivity contribution in [2.75, 3.05) is 51.3 Å². The summed E-state index contributed by atoms with van der Waals surface area (Å²) in [5.74, 6) is 1.13. The van der Waals surface area contributed by atoms with E-state index in [1.807, 2.05) is 18.7 Å². The molecule has 0 saturated carbocycles. The number of thioether (sulfide) groups is 1. The summed E-state index contributed by atoms with van der Waals surface area (Å²) >= 11 is 3.49. The van der Waals surface area contributed by atoms with E-state index in [1.54, 1.807) is 11.3 Å². The molecule has 0 aliphatic carbocycles. The lowest BCUT2D eigenvalue weighted by molar-refractivity contribution is 0.161. The first-order valence-corrected chi connectivity index (χ1v) is 7.72. The van der Waals surface area contributed by atoms with Crippen molar-refractivity contribution in [3.05, 3.63) is 5.69 Å². The van der Waals surface area contributed by atoms with E-state index >= 15 is 0 Å². The Labute approximate surface area is 111 Å². The van der Waals surface area contributed by atoms with Crippen molar-refractivity contribution in [3.63, 3.8) is 0 Å². The standard InChI is InChI=1S/C11H20N4S2/c1-9-10(17-11(12)13-9)16-8-7-15-5-3-14(2)4-6-15/h3-8H2,1-2H3,(H2,12,13). The van der Waals surface area contributed by atoms with E-state index in [2.05, 4.69) is 21.8 Å². The highest BCUT2D eigenvalue weighted by molar-refractivity contribution is 8.01. The van der Waals surface area contributed by atoms with Gasteiger partial charge in [0.25, 0.3) is 0 Å². The van der Waals surface area contributed by atoms with Crippen molar-refractivity contribution in [1.29, 1.82) is 0 Å². The molecule has 1 aromatic rings. The van der Waals surface area contributed by atoms with Gasteiger partial charge in [0, 0.05) is 38.5 Å². The van der Waals surface area contributed by atoms with Gasteiger partial charge in [-0.25, -0.2) is 4.98 Å². The molecule has 2 rings (SSSR count). The van der Waals surface area contributed by atoms with Gasteiger partial charge in [-0.1, -0.05) is 11.3 Å². The molecule has 17 heavy (non-hydrogen) atoms. The molecule has 6 heteroatoms. The zero-order valence-corrected chi connectivity index (χ0v) is 12.1. The van der Waals surface area contributed by atoms with Crippen LogP contribution < -0.4 is 5.73 Å². The van der Waals surface area contributed by atoms with Gasteiger partial charge in [0.1, 0.15) is 0 Å². The number of hydrogen-bond acceptors (Lipinski definition) is 6. The molecule has 2 N–H and O–H groups in total. The molecule has 1 aliphatic rings. The number of rotatable bonds is 4. The van der Waals surface area contributed by atoms with Gasteiger partial charge in [-0.2, -0.15) is 0 Å². The van der Waals surface area contributed by atoms with Crippen LogP contribution in [0.15, 0.2) is 4.21 Å². The van der Waals surface area contributed by atoms with Gasteiger partial charge in [-0.3, -0.25) is 4.90 Å². The molecule has 1 fully saturated rings. The minimum atomic E-state index is 0.685. The number of aryl methyl sites for hydroxylation is 1. The van der Waals surface area contributed by atoms with Gasteiger partial charge < -0.3 is 10.6 Å². The molecule has 1 aliphatic heterocycles. The SMILES string of the molecule is Cc1nc(N)sc1SCCN1CCN(C)CC1. The van der Waals surface area contributed by atoms with E-state index in [-0.39, 0.29) is 0 Å². The number of likely N-dealkylation sites (N-methyl/N-ethyl adjacent to an activating group) is 1. The van der Waals surface area contributed by atoms with Gasteiger partial charge >= 0.3 is 0 Å². The smallest absolute Gasteiger partial charge is 0.181 e. The van der Waals surface area contributed by atoms with Crippen LogP contribution in [-0.2, 0) is 0 Å². The maximum atomic E-state index is 5.69. The van der Waals surface area contributed by atoms with Crippen LogP contribution in [0.1, 0.15) is 5.69 Å². The fraction of sp³-hybridized carbons (Fsp3) is 0.727. The number of hydrogen-bond donors (Lipinski definition) is 1. The van der Waals surface area contributed by atoms with Crippen molar-refractivity contribution >= 4 is 28.2 Å². The predicted molar refractivity (Wildman–Crippen MR) is 75.9 cm³/mol. The van der Waals surface area contributed by atoms with Gasteiger partial charge in [-0.15, -0.1) is 11.8 Å². The topological polar surface area (TPSA) is 45.4 Å². The second-order valence-corrected chi connectivity index (χ2v) is 6.81. The van der Waals surface area contributed by atoms with E-state index in [1.165, 1.54) is 30.4 Å². The molecule has 0 amide bonds. The number of anilines is 1. The number of nitrogen functional groups attached to an aromatic ring is 1. The van der Waals surface area contributed by atoms with Gasteiger partial charge in [-0.05, 0) is 14.0 Å². The van der Waals surface area contributed by atoms with Crippen LogP contribution in [0.3, 0.4) is 0 Å². The number of piperazine rings is 1. The van der Waals surface area contributed by atoms with Gasteiger partial charge in [0.05, 0.1) is 9.90 Å². The predicted octanol–water partition coefficient (Wildman–Crippen LogP) is 1.37. The van der Waals surface area contributed by atoms with Crippen LogP contribution in [0.5, 0.6) is 0 Å². The minimum Gasteiger partial charge on any atom is -0.375 e. The van der Waals surface area contributed by atoms with E-state index in [9.17, 15) is 0 Å². The largest absolute Gasteiger partial charge is 0.375 e. The van der Waals surface area contributed by atoms with Gasteiger partial charge in [0.2, 0.25) is 0 Å². The average Bonchev–Trinajstić information content (AvgIpc) is 2.60. The van der Waals surface area contributed by atoms with Crippen LogP contribution in [0.2, 0.25) is 0 Å². The summed E-state index contributed by atoms with van der Waals surface area (Å²) < 4.78 is 1.27. The highest BCUT2D eigenvalue weighted by atomic mass is 32.2. The first kappa shape index (κ1) is 13.1. The lowest BCUT2D eigenvalue weighted by Gasteiger charge is -2.32. The Hall–Kier alpha value is -0.300. The van der Waals surface area contributed by atoms with E-state index in [4.69, 9.17) is 5.73 Å². The molecule has 0 bridgehead atoms. The first-order valence-electron chi connectivity index (χ1n) is 5.92. The summed E-state index contributed by atoms with van der Waals surface area (Å²) in [6, 6.07) is 0. The fourth-order valence-corrected chi connectivity index (χ4v) is 3.97. The third kappa shape index (κ3) is 3.84. The third-order valence-corrected chi connectivity index (χ3v) is 5.34. The van der Waals surface area contributed by atoms with Crippen molar-refractivity contribution < 1.29 is 0 Å². The Bertz CT molecular complexity index is 358. The Kier molecular flexibility index (Phi) is 4.67. The molecule has 0 unspecified atom stereocenters. The van der Waals surface area contributed by atoms with E-state index in [0.29, 0.717) is 5.13 Å². The van der Waals surface area contributed by atoms with Crippen molar-refractivity contribution in [2.45, 2.75) is 11.1 Å². The second-order valence-electron chi connectivity index (χ2n) is 4.42. The number of nitrogens with two attached hydrogens (primary N) is 1. The molecular formula is C11H20N4S2. The van der Waals surface area contributed by atoms with E-state index < -0.39 is 0 Å². The van der Waals surface area contributed by atoms with Crippen molar-refractivity contribution in [2.24, 2.45) is 0 Å². The summed E-state index contributed by atoms with van der Waals surface area (Å²) in [4.78, 5) is 9.16. The number of thiazole rings is 1.